The van der Waals surface area contributed by atoms with Gasteiger partial charge in [-0.05, 0) is 11.6 Å². The standard InChI is InChI=1S/C19H19N3O4/c1-20-15-9-8-13(23)16(12-6-4-3-5-7-12)22(15)21-11-10-14(24)18(26-2)17(21)19(20)25/h3-11,13,15-16,23H,1-2H3/t13-,15+,16-/m1/s1. The number of aliphatic hydroxyl groups is 1. The molecule has 0 saturated carbocycles. The van der Waals surface area contributed by atoms with E-state index in [1.165, 1.54) is 18.1 Å². The molecule has 2 aliphatic rings. The van der Waals surface area contributed by atoms with Crippen LogP contribution in [0, 0.1) is 0 Å². The molecule has 2 aromatic rings. The Balaban J connectivity index is 1.97. The molecule has 26 heavy (non-hydrogen) atoms. The minimum atomic E-state index is -0.770. The molecule has 3 atom stereocenters. The van der Waals surface area contributed by atoms with E-state index in [2.05, 4.69) is 0 Å². The topological polar surface area (TPSA) is 75.0 Å². The van der Waals surface area contributed by atoms with Gasteiger partial charge in [0.2, 0.25) is 5.43 Å². The normalized spacial score (nSPS) is 24.3. The number of hydrogen-bond acceptors (Lipinski definition) is 5. The maximum absolute atomic E-state index is 12.9. The van der Waals surface area contributed by atoms with Gasteiger partial charge >= 0.3 is 0 Å². The first kappa shape index (κ1) is 16.4. The lowest BCUT2D eigenvalue weighted by molar-refractivity contribution is 0.0590. The highest BCUT2D eigenvalue weighted by molar-refractivity contribution is 5.96. The molecule has 0 unspecified atom stereocenters. The largest absolute Gasteiger partial charge is 0.491 e. The minimum Gasteiger partial charge on any atom is -0.491 e. The zero-order valence-corrected chi connectivity index (χ0v) is 14.4. The molecule has 3 heterocycles. The van der Waals surface area contributed by atoms with E-state index >= 15 is 0 Å². The van der Waals surface area contributed by atoms with Crippen molar-refractivity contribution in [3.05, 3.63) is 76.2 Å². The van der Waals surface area contributed by atoms with Crippen molar-refractivity contribution in [2.45, 2.75) is 18.3 Å². The summed E-state index contributed by atoms with van der Waals surface area (Å²) in [5.74, 6) is -0.313. The molecular weight excluding hydrogens is 334 g/mol. The van der Waals surface area contributed by atoms with Crippen LogP contribution in [-0.2, 0) is 0 Å². The number of benzene rings is 1. The summed E-state index contributed by atoms with van der Waals surface area (Å²) in [7, 11) is 3.04. The average molecular weight is 353 g/mol. The number of rotatable bonds is 2. The predicted octanol–water partition coefficient (Wildman–Crippen LogP) is 0.879. The maximum atomic E-state index is 12.9. The van der Waals surface area contributed by atoms with Gasteiger partial charge in [0.1, 0.15) is 12.2 Å². The summed E-state index contributed by atoms with van der Waals surface area (Å²) in [6.07, 6.45) is 3.88. The quantitative estimate of drug-likeness (QED) is 0.812. The van der Waals surface area contributed by atoms with Gasteiger partial charge in [0, 0.05) is 19.3 Å². The van der Waals surface area contributed by atoms with Crippen LogP contribution in [0.1, 0.15) is 22.1 Å². The molecule has 0 saturated heterocycles. The Morgan fingerprint density at radius 2 is 1.81 bits per heavy atom. The lowest BCUT2D eigenvalue weighted by atomic mass is 9.96. The lowest BCUT2D eigenvalue weighted by Gasteiger charge is -2.50. The van der Waals surface area contributed by atoms with E-state index in [0.29, 0.717) is 0 Å². The van der Waals surface area contributed by atoms with Crippen LogP contribution in [-0.4, -0.2) is 47.0 Å². The first-order chi connectivity index (χ1) is 12.5. The van der Waals surface area contributed by atoms with Crippen molar-refractivity contribution in [2.24, 2.45) is 0 Å². The minimum absolute atomic E-state index is 0.00125. The molecule has 1 aromatic carbocycles. The van der Waals surface area contributed by atoms with Gasteiger partial charge in [-0.1, -0.05) is 36.4 Å². The average Bonchev–Trinajstić information content (AvgIpc) is 2.66. The number of fused-ring (bicyclic) bond motifs is 3. The number of ether oxygens (including phenoxy) is 1. The Labute approximate surface area is 150 Å². The number of pyridine rings is 1. The molecule has 0 bridgehead atoms. The van der Waals surface area contributed by atoms with Crippen LogP contribution >= 0.6 is 0 Å². The smallest absolute Gasteiger partial charge is 0.278 e. The number of likely N-dealkylation sites (N-methyl/N-ethyl adjacent to an activating group) is 1. The van der Waals surface area contributed by atoms with Crippen LogP contribution in [0.2, 0.25) is 0 Å². The van der Waals surface area contributed by atoms with Crippen LogP contribution < -0.4 is 15.2 Å². The number of aromatic nitrogens is 1. The van der Waals surface area contributed by atoms with Crippen LogP contribution in [0.3, 0.4) is 0 Å². The van der Waals surface area contributed by atoms with Gasteiger partial charge in [0.05, 0.1) is 13.2 Å². The van der Waals surface area contributed by atoms with Gasteiger partial charge in [-0.15, -0.1) is 0 Å². The number of carbonyl (C=O) groups is 1. The summed E-state index contributed by atoms with van der Waals surface area (Å²) in [6.45, 7) is 0. The second-order valence-corrected chi connectivity index (χ2v) is 6.35. The molecule has 1 N–H and O–H groups in total. The molecule has 0 fully saturated rings. The van der Waals surface area contributed by atoms with E-state index in [1.807, 2.05) is 35.3 Å². The second kappa shape index (κ2) is 6.03. The molecular formula is C19H19N3O4. The zero-order valence-electron chi connectivity index (χ0n) is 14.4. The van der Waals surface area contributed by atoms with Crippen LogP contribution in [0.25, 0.3) is 0 Å². The summed E-state index contributed by atoms with van der Waals surface area (Å²) in [5.41, 5.74) is 0.700. The molecule has 2 aliphatic heterocycles. The Bertz CT molecular complexity index is 938. The van der Waals surface area contributed by atoms with Crippen LogP contribution in [0.5, 0.6) is 5.75 Å². The molecule has 1 amide bonds. The molecule has 0 aliphatic carbocycles. The monoisotopic (exact) mass is 353 g/mol. The van der Waals surface area contributed by atoms with Gasteiger partial charge in [-0.3, -0.25) is 19.3 Å². The summed E-state index contributed by atoms with van der Waals surface area (Å²) in [6, 6.07) is 10.5. The van der Waals surface area contributed by atoms with Gasteiger partial charge in [0.15, 0.2) is 11.4 Å². The summed E-state index contributed by atoms with van der Waals surface area (Å²) in [4.78, 5) is 26.6. The predicted molar refractivity (Wildman–Crippen MR) is 95.7 cm³/mol. The third-order valence-electron chi connectivity index (χ3n) is 4.91. The van der Waals surface area contributed by atoms with Gasteiger partial charge in [-0.25, -0.2) is 0 Å². The van der Waals surface area contributed by atoms with E-state index in [-0.39, 0.29) is 22.8 Å². The van der Waals surface area contributed by atoms with Gasteiger partial charge in [-0.2, -0.15) is 0 Å². The maximum Gasteiger partial charge on any atom is 0.278 e. The van der Waals surface area contributed by atoms with Crippen molar-refractivity contribution >= 4 is 5.91 Å². The highest BCUT2D eigenvalue weighted by Gasteiger charge is 2.44. The van der Waals surface area contributed by atoms with E-state index in [4.69, 9.17) is 4.74 Å². The van der Waals surface area contributed by atoms with Crippen molar-refractivity contribution in [3.63, 3.8) is 0 Å². The number of hydrogen-bond donors (Lipinski definition) is 1. The number of amides is 1. The summed E-state index contributed by atoms with van der Waals surface area (Å²) >= 11 is 0. The lowest BCUT2D eigenvalue weighted by Crippen LogP contribution is -2.63. The van der Waals surface area contributed by atoms with E-state index in [0.717, 1.165) is 5.56 Å². The number of aliphatic hydroxyl groups excluding tert-OH is 1. The SMILES string of the molecule is COc1c2n(ccc1=O)N1[C@H](c3ccccc3)[C@H](O)C=C[C@H]1N(C)C2=O. The van der Waals surface area contributed by atoms with Crippen molar-refractivity contribution < 1.29 is 14.6 Å². The Morgan fingerprint density at radius 3 is 2.50 bits per heavy atom. The van der Waals surface area contributed by atoms with Gasteiger partial charge < -0.3 is 14.7 Å². The molecule has 7 heteroatoms. The molecule has 4 rings (SSSR count). The molecule has 134 valence electrons. The number of methoxy groups -OCH3 is 1. The highest BCUT2D eigenvalue weighted by Crippen LogP contribution is 2.35. The van der Waals surface area contributed by atoms with E-state index in [1.54, 1.807) is 30.1 Å². The van der Waals surface area contributed by atoms with Crippen molar-refractivity contribution in [1.82, 2.24) is 9.58 Å². The fraction of sp³-hybridized carbons (Fsp3) is 0.263. The van der Waals surface area contributed by atoms with Crippen molar-refractivity contribution in [2.75, 3.05) is 19.2 Å². The van der Waals surface area contributed by atoms with Crippen LogP contribution in [0.15, 0.2) is 59.5 Å². The fourth-order valence-electron chi connectivity index (χ4n) is 3.68. The second-order valence-electron chi connectivity index (χ2n) is 6.35. The third-order valence-corrected chi connectivity index (χ3v) is 4.91. The Morgan fingerprint density at radius 1 is 1.08 bits per heavy atom. The molecule has 7 nitrogen and oxygen atoms in total. The van der Waals surface area contributed by atoms with Crippen molar-refractivity contribution in [3.8, 4) is 5.75 Å². The Hall–Kier alpha value is -3.06. The molecule has 1 aromatic heterocycles. The highest BCUT2D eigenvalue weighted by atomic mass is 16.5. The van der Waals surface area contributed by atoms with Crippen LogP contribution in [0.4, 0.5) is 0 Å². The first-order valence-electron chi connectivity index (χ1n) is 8.31. The fourth-order valence-corrected chi connectivity index (χ4v) is 3.68. The Kier molecular flexibility index (Phi) is 3.81. The summed E-state index contributed by atoms with van der Waals surface area (Å²) in [5, 5.41) is 12.6. The zero-order chi connectivity index (χ0) is 18.4. The number of carbonyl (C=O) groups excluding carboxylic acids is 1. The first-order valence-corrected chi connectivity index (χ1v) is 8.31. The molecule has 0 radical (unpaired) electrons. The number of nitrogens with zero attached hydrogens (tertiary/aromatic N) is 3. The third kappa shape index (κ3) is 2.24. The van der Waals surface area contributed by atoms with Gasteiger partial charge in [0.25, 0.3) is 5.91 Å². The van der Waals surface area contributed by atoms with E-state index < -0.39 is 18.3 Å². The summed E-state index contributed by atoms with van der Waals surface area (Å²) < 4.78 is 6.84. The van der Waals surface area contributed by atoms with E-state index in [9.17, 15) is 14.7 Å². The molecule has 0 spiro atoms. The van der Waals surface area contributed by atoms with Crippen molar-refractivity contribution in [1.29, 1.82) is 0 Å².